The summed E-state index contributed by atoms with van der Waals surface area (Å²) in [5.41, 5.74) is -0.166. The lowest BCUT2D eigenvalue weighted by molar-refractivity contribution is -0.0918. The summed E-state index contributed by atoms with van der Waals surface area (Å²) in [6, 6.07) is 0. The summed E-state index contributed by atoms with van der Waals surface area (Å²) in [6.45, 7) is 12.0. The maximum Gasteiger partial charge on any atom is 0.225 e. The molecule has 4 N–H and O–H groups in total. The standard InChI is InChI=1S/C14H26O2.C10H18O2/c1-6-7-8-9-12(2)13(3,4)10-11-14(5,15)16;1-2-3-4-5-6-7-8-9-10(11)12/h12,15-16H,6-9H2,1-5H3;10-12H,2-7H2,1H3. The molecule has 0 aliphatic rings. The normalized spacial score (nSPS) is 12.2. The molecule has 0 aromatic rings. The lowest BCUT2D eigenvalue weighted by atomic mass is 9.77. The first-order valence-electron chi connectivity index (χ1n) is 10.8. The molecule has 0 heterocycles. The number of rotatable bonds is 10. The third-order valence-corrected chi connectivity index (χ3v) is 4.73. The van der Waals surface area contributed by atoms with Crippen molar-refractivity contribution in [3.63, 3.8) is 0 Å². The molecule has 0 aromatic heterocycles. The van der Waals surface area contributed by atoms with Crippen molar-refractivity contribution in [2.24, 2.45) is 11.3 Å². The second-order valence-corrected chi connectivity index (χ2v) is 8.25. The Balaban J connectivity index is 0. The summed E-state index contributed by atoms with van der Waals surface area (Å²) >= 11 is 0. The molecular formula is C24H44O4. The summed E-state index contributed by atoms with van der Waals surface area (Å²) in [5, 5.41) is 35.1. The molecule has 0 fully saturated rings. The zero-order chi connectivity index (χ0) is 22.1. The van der Waals surface area contributed by atoms with Crippen molar-refractivity contribution in [2.45, 2.75) is 118 Å². The molecule has 0 saturated carbocycles. The lowest BCUT2D eigenvalue weighted by Crippen LogP contribution is -2.24. The van der Waals surface area contributed by atoms with E-state index in [1.807, 2.05) is 0 Å². The highest BCUT2D eigenvalue weighted by Crippen LogP contribution is 2.30. The molecule has 4 heteroatoms. The quantitative estimate of drug-likeness (QED) is 0.247. The topological polar surface area (TPSA) is 80.9 Å². The fourth-order valence-electron chi connectivity index (χ4n) is 2.44. The van der Waals surface area contributed by atoms with E-state index in [0.29, 0.717) is 5.92 Å². The summed E-state index contributed by atoms with van der Waals surface area (Å²) in [4.78, 5) is 0. The average molecular weight is 397 g/mol. The molecule has 1 unspecified atom stereocenters. The van der Waals surface area contributed by atoms with Crippen molar-refractivity contribution in [3.8, 4) is 23.7 Å². The van der Waals surface area contributed by atoms with E-state index in [-0.39, 0.29) is 5.41 Å². The minimum atomic E-state index is -1.87. The highest BCUT2D eigenvalue weighted by Gasteiger charge is 2.24. The predicted octanol–water partition coefficient (Wildman–Crippen LogP) is 4.59. The van der Waals surface area contributed by atoms with Gasteiger partial charge in [0, 0.05) is 18.8 Å². The molecule has 0 aromatic carbocycles. The van der Waals surface area contributed by atoms with Gasteiger partial charge in [0.05, 0.1) is 0 Å². The molecule has 0 saturated heterocycles. The Kier molecular flexibility index (Phi) is 17.6. The molecule has 4 nitrogen and oxygen atoms in total. The van der Waals surface area contributed by atoms with Crippen molar-refractivity contribution in [1.29, 1.82) is 0 Å². The Morgan fingerprint density at radius 2 is 1.32 bits per heavy atom. The highest BCUT2D eigenvalue weighted by molar-refractivity contribution is 5.15. The average Bonchev–Trinajstić information content (AvgIpc) is 2.59. The number of hydrogen-bond donors (Lipinski definition) is 4. The van der Waals surface area contributed by atoms with Crippen molar-refractivity contribution < 1.29 is 20.4 Å². The van der Waals surface area contributed by atoms with E-state index >= 15 is 0 Å². The van der Waals surface area contributed by atoms with Gasteiger partial charge in [-0.1, -0.05) is 77.6 Å². The smallest absolute Gasteiger partial charge is 0.225 e. The maximum absolute atomic E-state index is 9.16. The highest BCUT2D eigenvalue weighted by atomic mass is 16.5. The predicted molar refractivity (Wildman–Crippen MR) is 117 cm³/mol. The van der Waals surface area contributed by atoms with Gasteiger partial charge < -0.3 is 20.4 Å². The van der Waals surface area contributed by atoms with Crippen molar-refractivity contribution in [2.75, 3.05) is 0 Å². The van der Waals surface area contributed by atoms with E-state index in [1.54, 1.807) is 0 Å². The molecule has 0 spiro atoms. The second kappa shape index (κ2) is 16.9. The molecule has 0 rings (SSSR count). The third kappa shape index (κ3) is 21.3. The van der Waals surface area contributed by atoms with Crippen molar-refractivity contribution >= 4 is 0 Å². The SMILES string of the molecule is CCCCCC(C)C(C)(C)C#CC(C)(O)O.CCCCCCCC#CC(O)O. The largest absolute Gasteiger partial charge is 0.358 e. The van der Waals surface area contributed by atoms with Crippen LogP contribution in [-0.2, 0) is 0 Å². The monoisotopic (exact) mass is 396 g/mol. The number of aliphatic hydroxyl groups is 4. The van der Waals surface area contributed by atoms with E-state index < -0.39 is 12.1 Å². The van der Waals surface area contributed by atoms with Crippen LogP contribution >= 0.6 is 0 Å². The first-order valence-corrected chi connectivity index (χ1v) is 10.8. The minimum Gasteiger partial charge on any atom is -0.358 e. The molecule has 0 radical (unpaired) electrons. The van der Waals surface area contributed by atoms with Crippen LogP contribution in [0.15, 0.2) is 0 Å². The van der Waals surface area contributed by atoms with Gasteiger partial charge in [0.25, 0.3) is 0 Å². The van der Waals surface area contributed by atoms with Crippen LogP contribution in [0.25, 0.3) is 0 Å². The van der Waals surface area contributed by atoms with Crippen LogP contribution in [0.3, 0.4) is 0 Å². The van der Waals surface area contributed by atoms with Gasteiger partial charge >= 0.3 is 0 Å². The Bertz CT molecular complexity index is 481. The fourth-order valence-corrected chi connectivity index (χ4v) is 2.44. The molecular weight excluding hydrogens is 352 g/mol. The van der Waals surface area contributed by atoms with Crippen LogP contribution in [0.1, 0.15) is 106 Å². The van der Waals surface area contributed by atoms with Crippen LogP contribution in [0.2, 0.25) is 0 Å². The van der Waals surface area contributed by atoms with Crippen molar-refractivity contribution in [1.82, 2.24) is 0 Å². The van der Waals surface area contributed by atoms with E-state index in [1.165, 1.54) is 51.9 Å². The van der Waals surface area contributed by atoms with Gasteiger partial charge in [-0.25, -0.2) is 0 Å². The number of aliphatic hydroxyl groups excluding tert-OH is 1. The molecule has 0 aliphatic carbocycles. The first kappa shape index (κ1) is 29.2. The van der Waals surface area contributed by atoms with E-state index in [4.69, 9.17) is 20.4 Å². The summed E-state index contributed by atoms with van der Waals surface area (Å²) in [6.07, 6.45) is 10.2. The van der Waals surface area contributed by atoms with E-state index in [2.05, 4.69) is 58.3 Å². The summed E-state index contributed by atoms with van der Waals surface area (Å²) < 4.78 is 0. The molecule has 0 aliphatic heterocycles. The Morgan fingerprint density at radius 3 is 1.82 bits per heavy atom. The lowest BCUT2D eigenvalue weighted by Gasteiger charge is -2.26. The Hall–Kier alpha value is -1.04. The van der Waals surface area contributed by atoms with Crippen LogP contribution in [0.5, 0.6) is 0 Å². The van der Waals surface area contributed by atoms with Crippen LogP contribution in [0, 0.1) is 35.0 Å². The van der Waals surface area contributed by atoms with Crippen molar-refractivity contribution in [3.05, 3.63) is 0 Å². The summed E-state index contributed by atoms with van der Waals surface area (Å²) in [5.74, 6) is 9.07. The van der Waals surface area contributed by atoms with Gasteiger partial charge in [0.1, 0.15) is 0 Å². The molecule has 164 valence electrons. The Morgan fingerprint density at radius 1 is 0.786 bits per heavy atom. The zero-order valence-corrected chi connectivity index (χ0v) is 19.0. The third-order valence-electron chi connectivity index (χ3n) is 4.73. The van der Waals surface area contributed by atoms with Gasteiger partial charge in [-0.15, -0.1) is 0 Å². The van der Waals surface area contributed by atoms with E-state index in [0.717, 1.165) is 19.3 Å². The molecule has 1 atom stereocenters. The van der Waals surface area contributed by atoms with Gasteiger partial charge in [-0.2, -0.15) is 0 Å². The maximum atomic E-state index is 9.16. The second-order valence-electron chi connectivity index (χ2n) is 8.25. The van der Waals surface area contributed by atoms with Crippen LogP contribution in [-0.4, -0.2) is 32.5 Å². The number of unbranched alkanes of at least 4 members (excludes halogenated alkanes) is 7. The van der Waals surface area contributed by atoms with Gasteiger partial charge in [0.15, 0.2) is 0 Å². The molecule has 0 amide bonds. The molecule has 0 bridgehead atoms. The van der Waals surface area contributed by atoms with Crippen LogP contribution in [0.4, 0.5) is 0 Å². The van der Waals surface area contributed by atoms with Gasteiger partial charge in [0.2, 0.25) is 12.1 Å². The van der Waals surface area contributed by atoms with E-state index in [9.17, 15) is 0 Å². The summed E-state index contributed by atoms with van der Waals surface area (Å²) in [7, 11) is 0. The minimum absolute atomic E-state index is 0.166. The van der Waals surface area contributed by atoms with Crippen LogP contribution < -0.4 is 0 Å². The van der Waals surface area contributed by atoms with Gasteiger partial charge in [-0.3, -0.25) is 0 Å². The zero-order valence-electron chi connectivity index (χ0n) is 19.0. The fraction of sp³-hybridized carbons (Fsp3) is 0.833. The Labute approximate surface area is 173 Å². The molecule has 28 heavy (non-hydrogen) atoms. The number of hydrogen-bond acceptors (Lipinski definition) is 4. The first-order chi connectivity index (χ1) is 13.0. The van der Waals surface area contributed by atoms with Gasteiger partial charge in [-0.05, 0) is 44.4 Å².